The Morgan fingerprint density at radius 1 is 1.50 bits per heavy atom. The Morgan fingerprint density at radius 3 is 2.85 bits per heavy atom. The van der Waals surface area contributed by atoms with E-state index in [0.29, 0.717) is 18.0 Å². The highest BCUT2D eigenvalue weighted by atomic mass is 16.3. The third kappa shape index (κ3) is 3.10. The fraction of sp³-hybridized carbons (Fsp3) is 0.467. The molecular formula is C15H21N3O2. The summed E-state index contributed by atoms with van der Waals surface area (Å²) in [4.78, 5) is 12.4. The zero-order valence-corrected chi connectivity index (χ0v) is 12.4. The molecule has 0 spiro atoms. The summed E-state index contributed by atoms with van der Waals surface area (Å²) in [6.07, 6.45) is 2.40. The third-order valence-corrected chi connectivity index (χ3v) is 3.24. The molecule has 5 heteroatoms. The van der Waals surface area contributed by atoms with Gasteiger partial charge in [-0.25, -0.2) is 0 Å². The Labute approximate surface area is 119 Å². The summed E-state index contributed by atoms with van der Waals surface area (Å²) in [5, 5.41) is 7.33. The summed E-state index contributed by atoms with van der Waals surface area (Å²) in [5.74, 6) is 1.11. The van der Waals surface area contributed by atoms with Gasteiger partial charge in [0, 0.05) is 12.7 Å². The van der Waals surface area contributed by atoms with Crippen molar-refractivity contribution in [3.05, 3.63) is 41.1 Å². The summed E-state index contributed by atoms with van der Waals surface area (Å²) in [6, 6.07) is 3.65. The van der Waals surface area contributed by atoms with Crippen LogP contribution < -0.4 is 5.32 Å². The lowest BCUT2D eigenvalue weighted by atomic mass is 10.0. The van der Waals surface area contributed by atoms with Gasteiger partial charge in [-0.2, -0.15) is 5.10 Å². The number of rotatable bonds is 5. The molecule has 2 heterocycles. The number of furan rings is 1. The molecule has 0 aromatic carbocycles. The molecule has 1 amide bonds. The predicted octanol–water partition coefficient (Wildman–Crippen LogP) is 2.45. The molecule has 0 fully saturated rings. The van der Waals surface area contributed by atoms with Crippen LogP contribution in [0.15, 0.2) is 22.8 Å². The first-order valence-electron chi connectivity index (χ1n) is 6.82. The van der Waals surface area contributed by atoms with Crippen LogP contribution in [0.5, 0.6) is 0 Å². The quantitative estimate of drug-likeness (QED) is 0.911. The van der Waals surface area contributed by atoms with E-state index in [1.807, 2.05) is 20.0 Å². The number of carbonyl (C=O) groups excluding carboxylic acids is 1. The van der Waals surface area contributed by atoms with Crippen LogP contribution in [-0.2, 0) is 20.0 Å². The van der Waals surface area contributed by atoms with Gasteiger partial charge in [-0.3, -0.25) is 9.48 Å². The van der Waals surface area contributed by atoms with Gasteiger partial charge in [0.25, 0.3) is 5.91 Å². The Hall–Kier alpha value is -2.04. The number of hydrogen-bond donors (Lipinski definition) is 1. The summed E-state index contributed by atoms with van der Waals surface area (Å²) in [7, 11) is 1.86. The summed E-state index contributed by atoms with van der Waals surface area (Å²) in [5.41, 5.74) is 2.43. The van der Waals surface area contributed by atoms with Gasteiger partial charge in [0.15, 0.2) is 0 Å². The number of nitrogens with one attached hydrogen (secondary N) is 1. The average molecular weight is 275 g/mol. The van der Waals surface area contributed by atoms with E-state index in [1.54, 1.807) is 17.0 Å². The van der Waals surface area contributed by atoms with E-state index in [4.69, 9.17) is 4.42 Å². The van der Waals surface area contributed by atoms with Crippen molar-refractivity contribution in [2.24, 2.45) is 13.0 Å². The van der Waals surface area contributed by atoms with E-state index in [1.165, 1.54) is 0 Å². The first kappa shape index (κ1) is 14.4. The Bertz CT molecular complexity index is 583. The molecular weight excluding hydrogens is 254 g/mol. The molecule has 20 heavy (non-hydrogen) atoms. The van der Waals surface area contributed by atoms with Crippen molar-refractivity contribution < 1.29 is 9.21 Å². The standard InChI is InChI=1S/C15H21N3O2/c1-10(2)8-13-14(11(3)18(4)17-13)15(19)16-9-12-6-5-7-20-12/h5-7,10H,8-9H2,1-4H3,(H,16,19). The molecule has 2 aromatic heterocycles. The lowest BCUT2D eigenvalue weighted by Crippen LogP contribution is -2.24. The van der Waals surface area contributed by atoms with E-state index in [0.717, 1.165) is 23.6 Å². The molecule has 0 bridgehead atoms. The summed E-state index contributed by atoms with van der Waals surface area (Å²) in [6.45, 7) is 6.54. The fourth-order valence-corrected chi connectivity index (χ4v) is 2.17. The molecule has 1 N–H and O–H groups in total. The largest absolute Gasteiger partial charge is 0.467 e. The number of hydrogen-bond acceptors (Lipinski definition) is 3. The maximum atomic E-state index is 12.4. The van der Waals surface area contributed by atoms with Crippen LogP contribution in [0.3, 0.4) is 0 Å². The van der Waals surface area contributed by atoms with E-state index < -0.39 is 0 Å². The highest BCUT2D eigenvalue weighted by molar-refractivity contribution is 5.96. The molecule has 2 rings (SSSR count). The van der Waals surface area contributed by atoms with E-state index in [9.17, 15) is 4.79 Å². The molecule has 0 saturated heterocycles. The van der Waals surface area contributed by atoms with Gasteiger partial charge in [0.05, 0.1) is 24.1 Å². The zero-order valence-electron chi connectivity index (χ0n) is 12.4. The minimum Gasteiger partial charge on any atom is -0.467 e. The summed E-state index contributed by atoms with van der Waals surface area (Å²) >= 11 is 0. The normalized spacial score (nSPS) is 11.1. The van der Waals surface area contributed by atoms with Crippen molar-refractivity contribution in [2.45, 2.75) is 33.7 Å². The molecule has 0 radical (unpaired) electrons. The first-order chi connectivity index (χ1) is 9.49. The maximum absolute atomic E-state index is 12.4. The topological polar surface area (TPSA) is 60.1 Å². The Morgan fingerprint density at radius 2 is 2.25 bits per heavy atom. The van der Waals surface area contributed by atoms with Crippen molar-refractivity contribution in [1.29, 1.82) is 0 Å². The second-order valence-electron chi connectivity index (χ2n) is 5.39. The predicted molar refractivity (Wildman–Crippen MR) is 76.4 cm³/mol. The van der Waals surface area contributed by atoms with Crippen LogP contribution in [0.2, 0.25) is 0 Å². The number of carbonyl (C=O) groups is 1. The minimum absolute atomic E-state index is 0.0948. The van der Waals surface area contributed by atoms with Gasteiger partial charge in [-0.1, -0.05) is 13.8 Å². The smallest absolute Gasteiger partial charge is 0.255 e. The monoisotopic (exact) mass is 275 g/mol. The molecule has 108 valence electrons. The van der Waals surface area contributed by atoms with Crippen molar-refractivity contribution in [3.63, 3.8) is 0 Å². The van der Waals surface area contributed by atoms with Gasteiger partial charge in [-0.15, -0.1) is 0 Å². The average Bonchev–Trinajstić information content (AvgIpc) is 2.96. The van der Waals surface area contributed by atoms with Crippen LogP contribution in [0.1, 0.15) is 41.4 Å². The van der Waals surface area contributed by atoms with Crippen molar-refractivity contribution in [1.82, 2.24) is 15.1 Å². The van der Waals surface area contributed by atoms with Crippen molar-refractivity contribution in [3.8, 4) is 0 Å². The number of nitrogens with zero attached hydrogens (tertiary/aromatic N) is 2. The van der Waals surface area contributed by atoms with E-state index >= 15 is 0 Å². The summed E-state index contributed by atoms with van der Waals surface area (Å²) < 4.78 is 6.98. The second-order valence-corrected chi connectivity index (χ2v) is 5.39. The lowest BCUT2D eigenvalue weighted by molar-refractivity contribution is 0.0946. The molecule has 0 aliphatic heterocycles. The van der Waals surface area contributed by atoms with E-state index in [2.05, 4.69) is 24.3 Å². The molecule has 5 nitrogen and oxygen atoms in total. The Balaban J connectivity index is 2.15. The fourth-order valence-electron chi connectivity index (χ4n) is 2.17. The van der Waals surface area contributed by atoms with Crippen LogP contribution >= 0.6 is 0 Å². The molecule has 2 aromatic rings. The molecule has 0 aliphatic carbocycles. The Kier molecular flexibility index (Phi) is 4.27. The van der Waals surface area contributed by atoms with Gasteiger partial charge in [0.2, 0.25) is 0 Å². The number of aromatic nitrogens is 2. The zero-order chi connectivity index (χ0) is 14.7. The van der Waals surface area contributed by atoms with Crippen LogP contribution in [0, 0.1) is 12.8 Å². The van der Waals surface area contributed by atoms with Gasteiger partial charge < -0.3 is 9.73 Å². The van der Waals surface area contributed by atoms with Crippen molar-refractivity contribution in [2.75, 3.05) is 0 Å². The lowest BCUT2D eigenvalue weighted by Gasteiger charge is -2.06. The molecule has 0 saturated carbocycles. The van der Waals surface area contributed by atoms with Gasteiger partial charge in [0.1, 0.15) is 5.76 Å². The SMILES string of the molecule is Cc1c(C(=O)NCc2ccco2)c(CC(C)C)nn1C. The molecule has 0 atom stereocenters. The van der Waals surface area contributed by atoms with E-state index in [-0.39, 0.29) is 5.91 Å². The minimum atomic E-state index is -0.0948. The highest BCUT2D eigenvalue weighted by Crippen LogP contribution is 2.16. The van der Waals surface area contributed by atoms with Gasteiger partial charge >= 0.3 is 0 Å². The highest BCUT2D eigenvalue weighted by Gasteiger charge is 2.20. The van der Waals surface area contributed by atoms with Crippen molar-refractivity contribution >= 4 is 5.91 Å². The van der Waals surface area contributed by atoms with Gasteiger partial charge in [-0.05, 0) is 31.4 Å². The van der Waals surface area contributed by atoms with Crippen LogP contribution in [0.25, 0.3) is 0 Å². The first-order valence-corrected chi connectivity index (χ1v) is 6.82. The second kappa shape index (κ2) is 5.94. The maximum Gasteiger partial charge on any atom is 0.255 e. The molecule has 0 unspecified atom stereocenters. The van der Waals surface area contributed by atoms with Crippen LogP contribution in [-0.4, -0.2) is 15.7 Å². The number of amides is 1. The number of aryl methyl sites for hydroxylation is 1. The molecule has 0 aliphatic rings. The third-order valence-electron chi connectivity index (χ3n) is 3.24. The van der Waals surface area contributed by atoms with Crippen LogP contribution in [0.4, 0.5) is 0 Å².